The predicted octanol–water partition coefficient (Wildman–Crippen LogP) is -0.582. The molecule has 1 aromatic rings. The van der Waals surface area contributed by atoms with Gasteiger partial charge < -0.3 is 26.0 Å². The Hall–Kier alpha value is -2.70. The van der Waals surface area contributed by atoms with Crippen LogP contribution in [-0.4, -0.2) is 66.3 Å². The molecule has 0 aliphatic carbocycles. The highest BCUT2D eigenvalue weighted by Gasteiger charge is 2.38. The van der Waals surface area contributed by atoms with E-state index in [4.69, 9.17) is 4.74 Å². The van der Waals surface area contributed by atoms with Crippen molar-refractivity contribution in [1.82, 2.24) is 26.6 Å². The molecule has 5 N–H and O–H groups in total. The van der Waals surface area contributed by atoms with E-state index in [1.165, 1.54) is 19.1 Å². The van der Waals surface area contributed by atoms with Gasteiger partial charge in [-0.3, -0.25) is 24.5 Å². The second kappa shape index (κ2) is 11.2. The molecule has 174 valence electrons. The average Bonchev–Trinajstić information content (AvgIpc) is 3.27. The van der Waals surface area contributed by atoms with E-state index < -0.39 is 41.2 Å². The van der Waals surface area contributed by atoms with E-state index in [0.29, 0.717) is 13.2 Å². The number of benzene rings is 1. The molecule has 0 radical (unpaired) electrons. The van der Waals surface area contributed by atoms with Gasteiger partial charge in [0.2, 0.25) is 17.7 Å². The van der Waals surface area contributed by atoms with Gasteiger partial charge in [-0.05, 0) is 37.1 Å². The molecule has 2 aliphatic rings. The van der Waals surface area contributed by atoms with Crippen molar-refractivity contribution < 1.29 is 28.3 Å². The third-order valence-electron chi connectivity index (χ3n) is 4.90. The number of carbonyl (C=O) groups excluding carboxylic acids is 4. The van der Waals surface area contributed by atoms with E-state index in [9.17, 15) is 23.6 Å². The van der Waals surface area contributed by atoms with Crippen LogP contribution in [0.4, 0.5) is 4.39 Å². The SMILES string of the molecule is CC(=O)NC1NC(SCC(=O)NCC2CCCO2)NC(=O)C1NC(=O)c1ccc(F)cc1. The van der Waals surface area contributed by atoms with Gasteiger partial charge in [0.1, 0.15) is 23.5 Å². The molecule has 4 amide bonds. The van der Waals surface area contributed by atoms with Gasteiger partial charge in [-0.1, -0.05) is 0 Å². The van der Waals surface area contributed by atoms with Crippen LogP contribution in [0, 0.1) is 5.82 Å². The minimum absolute atomic E-state index is 0.0334. The number of nitrogens with one attached hydrogen (secondary N) is 5. The molecule has 32 heavy (non-hydrogen) atoms. The first-order valence-electron chi connectivity index (χ1n) is 10.2. The molecule has 10 nitrogen and oxygen atoms in total. The van der Waals surface area contributed by atoms with Crippen molar-refractivity contribution in [3.63, 3.8) is 0 Å². The van der Waals surface area contributed by atoms with E-state index in [2.05, 4.69) is 26.6 Å². The van der Waals surface area contributed by atoms with Gasteiger partial charge in [0.05, 0.1) is 11.9 Å². The lowest BCUT2D eigenvalue weighted by Gasteiger charge is -2.37. The molecule has 4 atom stereocenters. The van der Waals surface area contributed by atoms with Crippen molar-refractivity contribution in [3.05, 3.63) is 35.6 Å². The lowest BCUT2D eigenvalue weighted by Crippen LogP contribution is -2.72. The number of carbonyl (C=O) groups is 4. The van der Waals surface area contributed by atoms with Crippen molar-refractivity contribution in [2.45, 2.75) is 43.6 Å². The molecule has 2 heterocycles. The second-order valence-electron chi connectivity index (χ2n) is 7.44. The van der Waals surface area contributed by atoms with Crippen LogP contribution in [-0.2, 0) is 19.1 Å². The number of amides is 4. The number of hydrogen-bond donors (Lipinski definition) is 5. The Morgan fingerprint density at radius 3 is 2.62 bits per heavy atom. The highest BCUT2D eigenvalue weighted by Crippen LogP contribution is 2.14. The van der Waals surface area contributed by atoms with Gasteiger partial charge >= 0.3 is 0 Å². The molecular formula is C20H26FN5O5S. The molecular weight excluding hydrogens is 441 g/mol. The van der Waals surface area contributed by atoms with Crippen molar-refractivity contribution in [3.8, 4) is 0 Å². The number of ether oxygens (including phenoxy) is 1. The maximum Gasteiger partial charge on any atom is 0.252 e. The third kappa shape index (κ3) is 6.90. The fourth-order valence-corrected chi connectivity index (χ4v) is 4.19. The Morgan fingerprint density at radius 1 is 1.22 bits per heavy atom. The van der Waals surface area contributed by atoms with E-state index in [-0.39, 0.29) is 23.3 Å². The fourth-order valence-electron chi connectivity index (χ4n) is 3.32. The Morgan fingerprint density at radius 2 is 1.97 bits per heavy atom. The Kier molecular flexibility index (Phi) is 8.42. The molecule has 2 saturated heterocycles. The van der Waals surface area contributed by atoms with E-state index >= 15 is 0 Å². The van der Waals surface area contributed by atoms with Crippen molar-refractivity contribution in [2.24, 2.45) is 0 Å². The van der Waals surface area contributed by atoms with Crippen LogP contribution < -0.4 is 26.6 Å². The number of thioether (sulfide) groups is 1. The van der Waals surface area contributed by atoms with Crippen molar-refractivity contribution in [1.29, 1.82) is 0 Å². The molecule has 2 aliphatic heterocycles. The van der Waals surface area contributed by atoms with Crippen LogP contribution in [0.5, 0.6) is 0 Å². The van der Waals surface area contributed by atoms with Crippen LogP contribution in [0.1, 0.15) is 30.1 Å². The highest BCUT2D eigenvalue weighted by molar-refractivity contribution is 8.00. The summed E-state index contributed by atoms with van der Waals surface area (Å²) in [6.07, 6.45) is 1.03. The lowest BCUT2D eigenvalue weighted by atomic mass is 10.1. The molecule has 0 aromatic heterocycles. The highest BCUT2D eigenvalue weighted by atomic mass is 32.2. The van der Waals surface area contributed by atoms with Crippen LogP contribution in [0.3, 0.4) is 0 Å². The van der Waals surface area contributed by atoms with Gasteiger partial charge in [0.25, 0.3) is 5.91 Å². The van der Waals surface area contributed by atoms with E-state index in [1.807, 2.05) is 0 Å². The Balaban J connectivity index is 1.54. The van der Waals surface area contributed by atoms with Crippen LogP contribution in [0.2, 0.25) is 0 Å². The lowest BCUT2D eigenvalue weighted by molar-refractivity contribution is -0.127. The molecule has 0 bridgehead atoms. The normalized spacial score (nSPS) is 25.0. The summed E-state index contributed by atoms with van der Waals surface area (Å²) < 4.78 is 18.5. The zero-order chi connectivity index (χ0) is 23.1. The first kappa shape index (κ1) is 24.0. The molecule has 12 heteroatoms. The van der Waals surface area contributed by atoms with Crippen LogP contribution in [0.25, 0.3) is 0 Å². The monoisotopic (exact) mass is 467 g/mol. The largest absolute Gasteiger partial charge is 0.376 e. The summed E-state index contributed by atoms with van der Waals surface area (Å²) in [5.74, 6) is -2.16. The molecule has 3 rings (SSSR count). The summed E-state index contributed by atoms with van der Waals surface area (Å²) in [6, 6.07) is 3.74. The summed E-state index contributed by atoms with van der Waals surface area (Å²) in [7, 11) is 0. The summed E-state index contributed by atoms with van der Waals surface area (Å²) in [4.78, 5) is 48.8. The molecule has 4 unspecified atom stereocenters. The number of hydrogen-bond acceptors (Lipinski definition) is 7. The first-order chi connectivity index (χ1) is 15.3. The minimum Gasteiger partial charge on any atom is -0.376 e. The average molecular weight is 468 g/mol. The standard InChI is InChI=1S/C20H26FN5O5S/c1-11(27)23-17-16(24-18(29)12-4-6-13(21)7-5-12)19(30)26-20(25-17)32-10-15(28)22-9-14-3-2-8-31-14/h4-7,14,16-17,20,25H,2-3,8-10H2,1H3,(H,22,28)(H,23,27)(H,24,29)(H,26,30). The van der Waals surface area contributed by atoms with Crippen molar-refractivity contribution >= 4 is 35.4 Å². The molecule has 0 saturated carbocycles. The van der Waals surface area contributed by atoms with E-state index in [0.717, 1.165) is 36.7 Å². The number of rotatable bonds is 8. The summed E-state index contributed by atoms with van der Waals surface area (Å²) >= 11 is 1.14. The maximum atomic E-state index is 13.1. The summed E-state index contributed by atoms with van der Waals surface area (Å²) in [6.45, 7) is 2.43. The maximum absolute atomic E-state index is 13.1. The smallest absolute Gasteiger partial charge is 0.252 e. The Labute approximate surface area is 188 Å². The topological polar surface area (TPSA) is 138 Å². The van der Waals surface area contributed by atoms with Crippen molar-refractivity contribution in [2.75, 3.05) is 18.9 Å². The molecule has 1 aromatic carbocycles. The minimum atomic E-state index is -1.11. The van der Waals surface area contributed by atoms with Gasteiger partial charge in [-0.25, -0.2) is 4.39 Å². The third-order valence-corrected chi connectivity index (χ3v) is 5.92. The van der Waals surface area contributed by atoms with Gasteiger partial charge in [-0.2, -0.15) is 0 Å². The Bertz CT molecular complexity index is 849. The number of halogens is 1. The van der Waals surface area contributed by atoms with Crippen LogP contribution in [0.15, 0.2) is 24.3 Å². The summed E-state index contributed by atoms with van der Waals surface area (Å²) in [5, 5.41) is 13.6. The second-order valence-corrected chi connectivity index (χ2v) is 8.54. The van der Waals surface area contributed by atoms with Gasteiger partial charge in [-0.15, -0.1) is 11.8 Å². The zero-order valence-corrected chi connectivity index (χ0v) is 18.3. The van der Waals surface area contributed by atoms with Crippen LogP contribution >= 0.6 is 11.8 Å². The summed E-state index contributed by atoms with van der Waals surface area (Å²) in [5.41, 5.74) is -0.494. The molecule has 2 fully saturated rings. The quantitative estimate of drug-likeness (QED) is 0.345. The van der Waals surface area contributed by atoms with E-state index in [1.54, 1.807) is 0 Å². The fraction of sp³-hybridized carbons (Fsp3) is 0.500. The van der Waals surface area contributed by atoms with Gasteiger partial charge in [0.15, 0.2) is 0 Å². The molecule has 0 spiro atoms. The van der Waals surface area contributed by atoms with Gasteiger partial charge in [0, 0.05) is 25.6 Å². The predicted molar refractivity (Wildman–Crippen MR) is 115 cm³/mol. The first-order valence-corrected chi connectivity index (χ1v) is 11.3. The zero-order valence-electron chi connectivity index (χ0n) is 17.5.